The molecule has 1 aromatic heterocycles. The van der Waals surface area contributed by atoms with Gasteiger partial charge in [-0.2, -0.15) is 0 Å². The molecule has 0 fully saturated rings. The van der Waals surface area contributed by atoms with Gasteiger partial charge in [0.2, 0.25) is 0 Å². The quantitative estimate of drug-likeness (QED) is 0.749. The number of nitrogens with one attached hydrogen (secondary N) is 2. The second kappa shape index (κ2) is 8.10. The van der Waals surface area contributed by atoms with E-state index in [1.165, 1.54) is 18.4 Å². The average Bonchev–Trinajstić information content (AvgIpc) is 3.03. The maximum absolute atomic E-state index is 12.7. The molecule has 0 saturated heterocycles. The third-order valence-electron chi connectivity index (χ3n) is 4.29. The highest BCUT2D eigenvalue weighted by atomic mass is 79.9. The lowest BCUT2D eigenvalue weighted by Crippen LogP contribution is -2.35. The number of amides is 3. The largest absolute Gasteiger partial charge is 0.453 e. The summed E-state index contributed by atoms with van der Waals surface area (Å²) >= 11 is 4.67. The fourth-order valence-electron chi connectivity index (χ4n) is 2.96. The van der Waals surface area contributed by atoms with Gasteiger partial charge in [-0.1, -0.05) is 12.1 Å². The van der Waals surface area contributed by atoms with Crippen molar-refractivity contribution in [3.8, 4) is 0 Å². The van der Waals surface area contributed by atoms with Crippen molar-refractivity contribution < 1.29 is 19.1 Å². The van der Waals surface area contributed by atoms with Gasteiger partial charge in [-0.3, -0.25) is 9.59 Å². The summed E-state index contributed by atoms with van der Waals surface area (Å²) in [6, 6.07) is 7.07. The molecule has 27 heavy (non-hydrogen) atoms. The molecule has 2 aromatic rings. The summed E-state index contributed by atoms with van der Waals surface area (Å²) in [5.41, 5.74) is 1.80. The molecule has 9 heteroatoms. The molecule has 1 aromatic carbocycles. The zero-order chi connectivity index (χ0) is 19.6. The maximum atomic E-state index is 12.7. The van der Waals surface area contributed by atoms with Crippen molar-refractivity contribution in [2.75, 3.05) is 26.0 Å². The van der Waals surface area contributed by atoms with E-state index >= 15 is 0 Å². The fraction of sp³-hybridized carbons (Fsp3) is 0.278. The minimum absolute atomic E-state index is 0.263. The first kappa shape index (κ1) is 19.4. The molecule has 3 rings (SSSR count). The van der Waals surface area contributed by atoms with Gasteiger partial charge in [-0.05, 0) is 40.0 Å². The molecule has 2 N–H and O–H groups in total. The molecule has 3 amide bonds. The molecule has 0 saturated carbocycles. The number of carbonyl (C=O) groups excluding carboxylic acids is 3. The molecule has 0 atom stereocenters. The predicted octanol–water partition coefficient (Wildman–Crippen LogP) is 3.25. The second-order valence-corrected chi connectivity index (χ2v) is 7.82. The van der Waals surface area contributed by atoms with E-state index in [0.717, 1.165) is 10.4 Å². The number of rotatable bonds is 3. The summed E-state index contributed by atoms with van der Waals surface area (Å²) in [7, 11) is 2.89. The molecule has 1 aliphatic rings. The topological polar surface area (TPSA) is 87.7 Å². The third kappa shape index (κ3) is 3.84. The first-order valence-corrected chi connectivity index (χ1v) is 9.82. The van der Waals surface area contributed by atoms with Crippen LogP contribution >= 0.6 is 27.3 Å². The number of benzene rings is 1. The molecular weight excluding hydrogens is 434 g/mol. The normalized spacial score (nSPS) is 12.9. The number of fused-ring (bicyclic) bond motifs is 1. The Labute approximate surface area is 168 Å². The van der Waals surface area contributed by atoms with Crippen LogP contribution in [0.3, 0.4) is 0 Å². The van der Waals surface area contributed by atoms with Gasteiger partial charge in [0.15, 0.2) is 0 Å². The highest BCUT2D eigenvalue weighted by Crippen LogP contribution is 2.37. The van der Waals surface area contributed by atoms with Crippen molar-refractivity contribution in [3.63, 3.8) is 0 Å². The molecule has 0 radical (unpaired) electrons. The summed E-state index contributed by atoms with van der Waals surface area (Å²) in [5.74, 6) is -0.572. The van der Waals surface area contributed by atoms with Crippen LogP contribution in [0.5, 0.6) is 0 Å². The first-order valence-electron chi connectivity index (χ1n) is 8.21. The lowest BCUT2D eigenvalue weighted by Gasteiger charge is -2.25. The lowest BCUT2D eigenvalue weighted by molar-refractivity contribution is 0.0962. The van der Waals surface area contributed by atoms with Gasteiger partial charge in [0.25, 0.3) is 11.8 Å². The van der Waals surface area contributed by atoms with Crippen LogP contribution in [0, 0.1) is 0 Å². The van der Waals surface area contributed by atoms with Crippen LogP contribution in [0.1, 0.15) is 31.2 Å². The lowest BCUT2D eigenvalue weighted by atomic mass is 10.0. The molecule has 1 aliphatic heterocycles. The Bertz CT molecular complexity index is 912. The Kier molecular flexibility index (Phi) is 5.81. The predicted molar refractivity (Wildman–Crippen MR) is 106 cm³/mol. The Morgan fingerprint density at radius 3 is 2.63 bits per heavy atom. The van der Waals surface area contributed by atoms with Crippen LogP contribution in [-0.4, -0.2) is 43.5 Å². The summed E-state index contributed by atoms with van der Waals surface area (Å²) in [6.45, 7) is 0.805. The van der Waals surface area contributed by atoms with Crippen LogP contribution in [0.2, 0.25) is 0 Å². The van der Waals surface area contributed by atoms with Crippen molar-refractivity contribution in [1.82, 2.24) is 10.2 Å². The van der Waals surface area contributed by atoms with E-state index in [4.69, 9.17) is 4.74 Å². The van der Waals surface area contributed by atoms with Gasteiger partial charge in [-0.15, -0.1) is 11.3 Å². The Hall–Kier alpha value is -2.39. The van der Waals surface area contributed by atoms with E-state index in [1.54, 1.807) is 30.1 Å². The number of carbonyl (C=O) groups is 3. The molecule has 7 nitrogen and oxygen atoms in total. The van der Waals surface area contributed by atoms with Crippen molar-refractivity contribution in [2.24, 2.45) is 0 Å². The summed E-state index contributed by atoms with van der Waals surface area (Å²) in [4.78, 5) is 39.4. The Balaban J connectivity index is 1.95. The molecule has 0 spiro atoms. The van der Waals surface area contributed by atoms with Gasteiger partial charge < -0.3 is 20.3 Å². The SMILES string of the molecule is CNC(=O)c1c(NC(=O)c2ccccc2Br)sc2c1CCN(C(=O)OC)C2. The van der Waals surface area contributed by atoms with Crippen LogP contribution < -0.4 is 10.6 Å². The highest BCUT2D eigenvalue weighted by Gasteiger charge is 2.30. The maximum Gasteiger partial charge on any atom is 0.409 e. The van der Waals surface area contributed by atoms with Crippen molar-refractivity contribution in [2.45, 2.75) is 13.0 Å². The second-order valence-electron chi connectivity index (χ2n) is 5.86. The van der Waals surface area contributed by atoms with Crippen LogP contribution in [0.15, 0.2) is 28.7 Å². The third-order valence-corrected chi connectivity index (χ3v) is 6.11. The molecule has 0 unspecified atom stereocenters. The van der Waals surface area contributed by atoms with Gasteiger partial charge in [0.1, 0.15) is 5.00 Å². The van der Waals surface area contributed by atoms with E-state index < -0.39 is 6.09 Å². The summed E-state index contributed by atoms with van der Waals surface area (Å²) in [6.07, 6.45) is 0.114. The number of anilines is 1. The monoisotopic (exact) mass is 451 g/mol. The average molecular weight is 452 g/mol. The molecule has 142 valence electrons. The van der Waals surface area contributed by atoms with E-state index in [2.05, 4.69) is 26.6 Å². The van der Waals surface area contributed by atoms with E-state index in [-0.39, 0.29) is 11.8 Å². The minimum atomic E-state index is -0.408. The van der Waals surface area contributed by atoms with E-state index in [1.807, 2.05) is 6.07 Å². The van der Waals surface area contributed by atoms with E-state index in [0.29, 0.717) is 40.1 Å². The zero-order valence-electron chi connectivity index (χ0n) is 14.8. The van der Waals surface area contributed by atoms with Gasteiger partial charge in [0, 0.05) is 22.9 Å². The molecular formula is C18H18BrN3O4S. The number of nitrogens with zero attached hydrogens (tertiary/aromatic N) is 1. The van der Waals surface area contributed by atoms with E-state index in [9.17, 15) is 14.4 Å². The highest BCUT2D eigenvalue weighted by molar-refractivity contribution is 9.10. The van der Waals surface area contributed by atoms with Crippen molar-refractivity contribution >= 4 is 50.2 Å². The molecule has 0 bridgehead atoms. The summed E-state index contributed by atoms with van der Waals surface area (Å²) < 4.78 is 5.45. The number of hydrogen-bond donors (Lipinski definition) is 2. The van der Waals surface area contributed by atoms with Crippen molar-refractivity contribution in [1.29, 1.82) is 0 Å². The van der Waals surface area contributed by atoms with Crippen LogP contribution in [-0.2, 0) is 17.7 Å². The van der Waals surface area contributed by atoms with Gasteiger partial charge >= 0.3 is 6.09 Å². The molecule has 2 heterocycles. The number of ether oxygens (including phenoxy) is 1. The first-order chi connectivity index (χ1) is 13.0. The standard InChI is InChI=1S/C18H18BrN3O4S/c1-20-16(24)14-11-7-8-22(18(25)26-2)9-13(11)27-17(14)21-15(23)10-5-3-4-6-12(10)19/h3-6H,7-9H2,1-2H3,(H,20,24)(H,21,23). The molecule has 0 aliphatic carbocycles. The Morgan fingerprint density at radius 1 is 1.22 bits per heavy atom. The van der Waals surface area contributed by atoms with Crippen molar-refractivity contribution in [3.05, 3.63) is 50.3 Å². The fourth-order valence-corrected chi connectivity index (χ4v) is 4.68. The zero-order valence-corrected chi connectivity index (χ0v) is 17.2. The van der Waals surface area contributed by atoms with Gasteiger partial charge in [0.05, 0.1) is 24.8 Å². The van der Waals surface area contributed by atoms with Crippen LogP contribution in [0.25, 0.3) is 0 Å². The number of thiophene rings is 1. The van der Waals surface area contributed by atoms with Crippen LogP contribution in [0.4, 0.5) is 9.80 Å². The Morgan fingerprint density at radius 2 is 1.96 bits per heavy atom. The minimum Gasteiger partial charge on any atom is -0.453 e. The number of halogens is 1. The van der Waals surface area contributed by atoms with Gasteiger partial charge in [-0.25, -0.2) is 4.79 Å². The number of hydrogen-bond acceptors (Lipinski definition) is 5. The summed E-state index contributed by atoms with van der Waals surface area (Å²) in [5, 5.41) is 5.96. The smallest absolute Gasteiger partial charge is 0.409 e. The number of methoxy groups -OCH3 is 1.